The fraction of sp³-hybridized carbons (Fsp3) is 0. The summed E-state index contributed by atoms with van der Waals surface area (Å²) in [5, 5.41) is 4.38. The number of nitrogens with zero attached hydrogens (tertiary/aromatic N) is 2. The fourth-order valence-corrected chi connectivity index (χ4v) is 8.02. The molecular formula is C52H32N2O2. The summed E-state index contributed by atoms with van der Waals surface area (Å²) >= 11 is 0. The van der Waals surface area contributed by atoms with Crippen LogP contribution in [0.1, 0.15) is 0 Å². The van der Waals surface area contributed by atoms with Crippen LogP contribution in [-0.4, -0.2) is 9.97 Å². The number of fused-ring (bicyclic) bond motifs is 6. The van der Waals surface area contributed by atoms with Crippen molar-refractivity contribution in [1.29, 1.82) is 0 Å². The Hall–Kier alpha value is -7.56. The van der Waals surface area contributed by atoms with Crippen LogP contribution in [0.5, 0.6) is 0 Å². The van der Waals surface area contributed by atoms with E-state index < -0.39 is 0 Å². The molecule has 4 nitrogen and oxygen atoms in total. The lowest BCUT2D eigenvalue weighted by Crippen LogP contribution is -1.96. The van der Waals surface area contributed by atoms with Crippen molar-refractivity contribution in [3.8, 4) is 67.3 Å². The van der Waals surface area contributed by atoms with E-state index in [0.717, 1.165) is 99.8 Å². The van der Waals surface area contributed by atoms with Gasteiger partial charge in [0.2, 0.25) is 0 Å². The third-order valence-electron chi connectivity index (χ3n) is 10.8. The molecular weight excluding hydrogens is 685 g/mol. The summed E-state index contributed by atoms with van der Waals surface area (Å²) in [6, 6.07) is 67.2. The zero-order valence-corrected chi connectivity index (χ0v) is 30.2. The number of rotatable bonds is 6. The van der Waals surface area contributed by atoms with Gasteiger partial charge in [-0.25, -0.2) is 9.97 Å². The molecule has 0 radical (unpaired) electrons. The van der Waals surface area contributed by atoms with E-state index in [1.165, 1.54) is 5.56 Å². The molecule has 8 aromatic carbocycles. The van der Waals surface area contributed by atoms with Gasteiger partial charge in [0, 0.05) is 43.8 Å². The van der Waals surface area contributed by atoms with E-state index in [9.17, 15) is 0 Å². The number of hydrogen-bond acceptors (Lipinski definition) is 4. The standard InChI is InChI=1S/C52H32N2O2/c1-3-12-33(13-4-1)34-22-28-38(29-23-34)52-53-44(36-14-5-2-6-15-36)32-45(54-52)37-26-24-35(25-27-37)39-30-31-41(50-43-17-8-10-20-47(43)56-51(39)50)40-18-11-21-48-49(40)42-16-7-9-19-46(42)55-48/h1-32H. The molecule has 0 N–H and O–H groups in total. The molecule has 0 atom stereocenters. The van der Waals surface area contributed by atoms with Gasteiger partial charge in [0.1, 0.15) is 22.3 Å². The second-order valence-electron chi connectivity index (χ2n) is 14.1. The summed E-state index contributed by atoms with van der Waals surface area (Å²) in [6.07, 6.45) is 0. The van der Waals surface area contributed by atoms with E-state index in [2.05, 4.69) is 140 Å². The SMILES string of the molecule is c1ccc(-c2ccc(-c3nc(-c4ccccc4)cc(-c4ccc(-c5ccc(-c6cccc7oc8ccccc8c67)c6c5oc5ccccc56)cc4)n3)cc2)cc1. The minimum atomic E-state index is 0.685. The Morgan fingerprint density at radius 2 is 0.786 bits per heavy atom. The average molecular weight is 717 g/mol. The molecule has 262 valence electrons. The molecule has 0 saturated heterocycles. The highest BCUT2D eigenvalue weighted by molar-refractivity contribution is 6.21. The summed E-state index contributed by atoms with van der Waals surface area (Å²) in [6.45, 7) is 0. The molecule has 0 bridgehead atoms. The van der Waals surface area contributed by atoms with Crippen LogP contribution in [0.15, 0.2) is 203 Å². The molecule has 3 heterocycles. The van der Waals surface area contributed by atoms with Crippen LogP contribution >= 0.6 is 0 Å². The van der Waals surface area contributed by atoms with Gasteiger partial charge in [-0.1, -0.05) is 164 Å². The molecule has 3 aromatic heterocycles. The van der Waals surface area contributed by atoms with Crippen LogP contribution in [-0.2, 0) is 0 Å². The quantitative estimate of drug-likeness (QED) is 0.172. The van der Waals surface area contributed by atoms with E-state index in [1.807, 2.05) is 54.6 Å². The first-order valence-electron chi connectivity index (χ1n) is 18.8. The average Bonchev–Trinajstić information content (AvgIpc) is 3.86. The molecule has 0 unspecified atom stereocenters. The normalized spacial score (nSPS) is 11.6. The molecule has 11 rings (SSSR count). The van der Waals surface area contributed by atoms with Gasteiger partial charge in [-0.15, -0.1) is 0 Å². The Morgan fingerprint density at radius 3 is 1.50 bits per heavy atom. The zero-order chi connectivity index (χ0) is 37.0. The van der Waals surface area contributed by atoms with Crippen molar-refractivity contribution < 1.29 is 8.83 Å². The summed E-state index contributed by atoms with van der Waals surface area (Å²) in [5.41, 5.74) is 14.9. The minimum absolute atomic E-state index is 0.685. The lowest BCUT2D eigenvalue weighted by molar-refractivity contribution is 0.668. The van der Waals surface area contributed by atoms with Crippen LogP contribution in [0.4, 0.5) is 0 Å². The first kappa shape index (κ1) is 31.9. The zero-order valence-electron chi connectivity index (χ0n) is 30.2. The Morgan fingerprint density at radius 1 is 0.304 bits per heavy atom. The lowest BCUT2D eigenvalue weighted by Gasteiger charge is -2.12. The highest BCUT2D eigenvalue weighted by Crippen LogP contribution is 2.45. The van der Waals surface area contributed by atoms with Crippen molar-refractivity contribution in [3.05, 3.63) is 194 Å². The van der Waals surface area contributed by atoms with Crippen molar-refractivity contribution in [3.63, 3.8) is 0 Å². The van der Waals surface area contributed by atoms with Crippen molar-refractivity contribution >= 4 is 43.9 Å². The van der Waals surface area contributed by atoms with Gasteiger partial charge >= 0.3 is 0 Å². The van der Waals surface area contributed by atoms with Crippen molar-refractivity contribution in [2.45, 2.75) is 0 Å². The monoisotopic (exact) mass is 716 g/mol. The van der Waals surface area contributed by atoms with Gasteiger partial charge in [-0.3, -0.25) is 0 Å². The first-order chi connectivity index (χ1) is 27.7. The summed E-state index contributed by atoms with van der Waals surface area (Å²) in [5.74, 6) is 0.685. The van der Waals surface area contributed by atoms with Crippen LogP contribution in [0, 0.1) is 0 Å². The Kier molecular flexibility index (Phi) is 7.46. The van der Waals surface area contributed by atoms with Gasteiger partial charge in [-0.2, -0.15) is 0 Å². The number of para-hydroxylation sites is 2. The first-order valence-corrected chi connectivity index (χ1v) is 18.8. The van der Waals surface area contributed by atoms with E-state index >= 15 is 0 Å². The van der Waals surface area contributed by atoms with E-state index in [1.54, 1.807) is 0 Å². The number of hydrogen-bond donors (Lipinski definition) is 0. The molecule has 0 aliphatic carbocycles. The van der Waals surface area contributed by atoms with Crippen molar-refractivity contribution in [2.75, 3.05) is 0 Å². The fourth-order valence-electron chi connectivity index (χ4n) is 8.02. The lowest BCUT2D eigenvalue weighted by atomic mass is 9.92. The second kappa shape index (κ2) is 13.1. The number of aromatic nitrogens is 2. The molecule has 0 aliphatic rings. The maximum absolute atomic E-state index is 6.72. The van der Waals surface area contributed by atoms with E-state index in [4.69, 9.17) is 18.8 Å². The summed E-state index contributed by atoms with van der Waals surface area (Å²) in [7, 11) is 0. The van der Waals surface area contributed by atoms with Crippen LogP contribution in [0.2, 0.25) is 0 Å². The predicted molar refractivity (Wildman–Crippen MR) is 229 cm³/mol. The molecule has 11 aromatic rings. The van der Waals surface area contributed by atoms with Crippen molar-refractivity contribution in [1.82, 2.24) is 9.97 Å². The number of furan rings is 2. The summed E-state index contributed by atoms with van der Waals surface area (Å²) in [4.78, 5) is 10.2. The molecule has 0 spiro atoms. The van der Waals surface area contributed by atoms with Gasteiger partial charge < -0.3 is 8.83 Å². The Bertz CT molecular complexity index is 3220. The van der Waals surface area contributed by atoms with Gasteiger partial charge in [0.15, 0.2) is 5.82 Å². The Labute approximate surface area is 323 Å². The smallest absolute Gasteiger partial charge is 0.160 e. The third-order valence-corrected chi connectivity index (χ3v) is 10.8. The molecule has 0 fully saturated rings. The van der Waals surface area contributed by atoms with Crippen LogP contribution < -0.4 is 0 Å². The summed E-state index contributed by atoms with van der Waals surface area (Å²) < 4.78 is 13.0. The van der Waals surface area contributed by atoms with Gasteiger partial charge in [0.05, 0.1) is 11.4 Å². The highest BCUT2D eigenvalue weighted by Gasteiger charge is 2.20. The van der Waals surface area contributed by atoms with Gasteiger partial charge in [-0.05, 0) is 58.1 Å². The Balaban J connectivity index is 1.02. The predicted octanol–water partition coefficient (Wildman–Crippen LogP) is 14.3. The van der Waals surface area contributed by atoms with Crippen molar-refractivity contribution in [2.24, 2.45) is 0 Å². The van der Waals surface area contributed by atoms with Crippen LogP contribution in [0.25, 0.3) is 111 Å². The maximum atomic E-state index is 6.72. The maximum Gasteiger partial charge on any atom is 0.160 e. The minimum Gasteiger partial charge on any atom is -0.456 e. The van der Waals surface area contributed by atoms with Gasteiger partial charge in [0.25, 0.3) is 0 Å². The van der Waals surface area contributed by atoms with E-state index in [0.29, 0.717) is 5.82 Å². The molecule has 56 heavy (non-hydrogen) atoms. The molecule has 0 saturated carbocycles. The second-order valence-corrected chi connectivity index (χ2v) is 14.1. The topological polar surface area (TPSA) is 52.1 Å². The van der Waals surface area contributed by atoms with E-state index in [-0.39, 0.29) is 0 Å². The largest absolute Gasteiger partial charge is 0.456 e. The van der Waals surface area contributed by atoms with Crippen LogP contribution in [0.3, 0.4) is 0 Å². The molecule has 4 heteroatoms. The number of benzene rings is 8. The molecule has 0 amide bonds. The highest BCUT2D eigenvalue weighted by atomic mass is 16.3. The third kappa shape index (κ3) is 5.39. The molecule has 0 aliphatic heterocycles.